The number of rotatable bonds is 4. The van der Waals surface area contributed by atoms with E-state index in [9.17, 15) is 4.79 Å². The summed E-state index contributed by atoms with van der Waals surface area (Å²) < 4.78 is 0. The third-order valence-corrected chi connectivity index (χ3v) is 3.68. The van der Waals surface area contributed by atoms with Gasteiger partial charge in [-0.1, -0.05) is 67.6 Å². The maximum atomic E-state index is 12.9. The summed E-state index contributed by atoms with van der Waals surface area (Å²) in [6.45, 7) is 4.07. The number of hydrogen-bond donors (Lipinski definition) is 0. The summed E-state index contributed by atoms with van der Waals surface area (Å²) >= 11 is 0. The van der Waals surface area contributed by atoms with Gasteiger partial charge in [0.2, 0.25) is 5.91 Å². The van der Waals surface area contributed by atoms with Crippen molar-refractivity contribution in [1.82, 2.24) is 4.90 Å². The molecule has 0 spiro atoms. The zero-order chi connectivity index (χ0) is 14.6. The molecular formula is C18H20NO. The van der Waals surface area contributed by atoms with Gasteiger partial charge in [-0.2, -0.15) is 0 Å². The molecule has 103 valence electrons. The number of hydrogen-bond acceptors (Lipinski definition) is 1. The highest BCUT2D eigenvalue weighted by molar-refractivity contribution is 5.92. The molecule has 0 bridgehead atoms. The lowest BCUT2D eigenvalue weighted by Crippen LogP contribution is -2.44. The molecule has 0 saturated carbocycles. The van der Waals surface area contributed by atoms with Crippen molar-refractivity contribution in [1.29, 1.82) is 0 Å². The first-order valence-corrected chi connectivity index (χ1v) is 6.75. The molecule has 0 saturated heterocycles. The zero-order valence-electron chi connectivity index (χ0n) is 12.0. The summed E-state index contributed by atoms with van der Waals surface area (Å²) in [7, 11) is 3.58. The molecule has 0 N–H and O–H groups in total. The Morgan fingerprint density at radius 2 is 1.35 bits per heavy atom. The number of nitrogens with zero attached hydrogens (tertiary/aromatic N) is 1. The van der Waals surface area contributed by atoms with Crippen LogP contribution in [0.1, 0.15) is 17.5 Å². The third kappa shape index (κ3) is 2.34. The standard InChI is InChI=1S/C18H20NO/c1-4-18(17(20)19(2)3,15-11-7-5-8-12-15)16-13-9-6-10-14-16/h5-14H,1,4H2,2-3H3. The van der Waals surface area contributed by atoms with Crippen LogP contribution in [0.4, 0.5) is 0 Å². The van der Waals surface area contributed by atoms with Crippen LogP contribution in [0.3, 0.4) is 0 Å². The molecule has 20 heavy (non-hydrogen) atoms. The second kappa shape index (κ2) is 5.91. The van der Waals surface area contributed by atoms with Gasteiger partial charge in [0.15, 0.2) is 0 Å². The number of benzene rings is 2. The van der Waals surface area contributed by atoms with E-state index in [-0.39, 0.29) is 5.91 Å². The van der Waals surface area contributed by atoms with Gasteiger partial charge in [-0.15, -0.1) is 0 Å². The van der Waals surface area contributed by atoms with Gasteiger partial charge < -0.3 is 4.90 Å². The molecule has 2 heteroatoms. The van der Waals surface area contributed by atoms with E-state index in [2.05, 4.69) is 6.92 Å². The summed E-state index contributed by atoms with van der Waals surface area (Å²) in [5.41, 5.74) is 1.26. The first-order chi connectivity index (χ1) is 9.63. The van der Waals surface area contributed by atoms with Crippen LogP contribution in [0.25, 0.3) is 0 Å². The van der Waals surface area contributed by atoms with Crippen molar-refractivity contribution >= 4 is 5.91 Å². The summed E-state index contributed by atoms with van der Waals surface area (Å²) in [5, 5.41) is 0. The van der Waals surface area contributed by atoms with E-state index in [0.29, 0.717) is 6.42 Å². The van der Waals surface area contributed by atoms with Gasteiger partial charge in [0.05, 0.1) is 5.41 Å². The van der Waals surface area contributed by atoms with E-state index in [4.69, 9.17) is 0 Å². The fourth-order valence-corrected chi connectivity index (χ4v) is 2.64. The predicted octanol–water partition coefficient (Wildman–Crippen LogP) is 3.29. The molecule has 0 heterocycles. The van der Waals surface area contributed by atoms with Crippen LogP contribution in [-0.2, 0) is 10.2 Å². The number of carbonyl (C=O) groups excluding carboxylic acids is 1. The van der Waals surface area contributed by atoms with E-state index in [1.165, 1.54) is 0 Å². The van der Waals surface area contributed by atoms with Crippen LogP contribution in [0.15, 0.2) is 60.7 Å². The maximum absolute atomic E-state index is 12.9. The molecule has 1 radical (unpaired) electrons. The average Bonchev–Trinajstić information content (AvgIpc) is 2.50. The number of carbonyl (C=O) groups is 1. The predicted molar refractivity (Wildman–Crippen MR) is 82.3 cm³/mol. The van der Waals surface area contributed by atoms with Crippen LogP contribution in [0, 0.1) is 6.92 Å². The van der Waals surface area contributed by atoms with Gasteiger partial charge in [0.25, 0.3) is 0 Å². The molecule has 2 aromatic rings. The third-order valence-electron chi connectivity index (χ3n) is 3.68. The van der Waals surface area contributed by atoms with E-state index >= 15 is 0 Å². The second-order valence-corrected chi connectivity index (χ2v) is 5.09. The van der Waals surface area contributed by atoms with Gasteiger partial charge >= 0.3 is 0 Å². The molecule has 0 atom stereocenters. The van der Waals surface area contributed by atoms with Gasteiger partial charge in [-0.05, 0) is 17.5 Å². The van der Waals surface area contributed by atoms with E-state index in [1.54, 1.807) is 19.0 Å². The first-order valence-electron chi connectivity index (χ1n) is 6.75. The minimum Gasteiger partial charge on any atom is -0.348 e. The Balaban J connectivity index is 2.68. The Hall–Kier alpha value is -2.09. The normalized spacial score (nSPS) is 11.2. The minimum atomic E-state index is -0.716. The van der Waals surface area contributed by atoms with Crippen molar-refractivity contribution in [3.63, 3.8) is 0 Å². The Labute approximate surface area is 121 Å². The van der Waals surface area contributed by atoms with Crippen LogP contribution in [-0.4, -0.2) is 24.9 Å². The highest BCUT2D eigenvalue weighted by atomic mass is 16.2. The van der Waals surface area contributed by atoms with E-state index < -0.39 is 5.41 Å². The van der Waals surface area contributed by atoms with E-state index in [1.807, 2.05) is 60.7 Å². The smallest absolute Gasteiger partial charge is 0.237 e. The summed E-state index contributed by atoms with van der Waals surface area (Å²) in [5.74, 6) is 0.0601. The lowest BCUT2D eigenvalue weighted by Gasteiger charge is -2.35. The van der Waals surface area contributed by atoms with Gasteiger partial charge in [-0.3, -0.25) is 4.79 Å². The SMILES string of the molecule is [CH2]CC(C(=O)N(C)C)(c1ccccc1)c1ccccc1. The van der Waals surface area contributed by atoms with Crippen molar-refractivity contribution in [2.45, 2.75) is 11.8 Å². The van der Waals surface area contributed by atoms with Crippen molar-refractivity contribution in [2.24, 2.45) is 0 Å². The molecule has 0 aliphatic carbocycles. The number of amides is 1. The highest BCUT2D eigenvalue weighted by Crippen LogP contribution is 2.36. The van der Waals surface area contributed by atoms with Gasteiger partial charge in [0.1, 0.15) is 0 Å². The Morgan fingerprint density at radius 3 is 1.65 bits per heavy atom. The minimum absolute atomic E-state index is 0.0601. The molecule has 0 aliphatic heterocycles. The zero-order valence-corrected chi connectivity index (χ0v) is 12.0. The molecule has 0 unspecified atom stereocenters. The van der Waals surface area contributed by atoms with Crippen LogP contribution in [0.5, 0.6) is 0 Å². The van der Waals surface area contributed by atoms with Crippen LogP contribution >= 0.6 is 0 Å². The van der Waals surface area contributed by atoms with Crippen LogP contribution < -0.4 is 0 Å². The summed E-state index contributed by atoms with van der Waals surface area (Å²) in [6.07, 6.45) is 0.484. The number of likely N-dealkylation sites (N-methyl/N-ethyl adjacent to an activating group) is 1. The Morgan fingerprint density at radius 1 is 0.950 bits per heavy atom. The molecule has 2 rings (SSSR count). The van der Waals surface area contributed by atoms with Crippen LogP contribution in [0.2, 0.25) is 0 Å². The molecule has 2 aromatic carbocycles. The van der Waals surface area contributed by atoms with Crippen molar-refractivity contribution in [3.05, 3.63) is 78.7 Å². The van der Waals surface area contributed by atoms with Crippen molar-refractivity contribution in [2.75, 3.05) is 14.1 Å². The second-order valence-electron chi connectivity index (χ2n) is 5.09. The molecule has 0 fully saturated rings. The Kier molecular flexibility index (Phi) is 4.23. The lowest BCUT2D eigenvalue weighted by atomic mass is 9.71. The summed E-state index contributed by atoms with van der Waals surface area (Å²) in [4.78, 5) is 14.5. The summed E-state index contributed by atoms with van der Waals surface area (Å²) in [6, 6.07) is 19.8. The fourth-order valence-electron chi connectivity index (χ4n) is 2.64. The van der Waals surface area contributed by atoms with E-state index in [0.717, 1.165) is 11.1 Å². The van der Waals surface area contributed by atoms with Gasteiger partial charge in [-0.25, -0.2) is 0 Å². The fraction of sp³-hybridized carbons (Fsp3) is 0.222. The highest BCUT2D eigenvalue weighted by Gasteiger charge is 2.41. The lowest BCUT2D eigenvalue weighted by molar-refractivity contribution is -0.133. The molecule has 2 nitrogen and oxygen atoms in total. The van der Waals surface area contributed by atoms with Crippen molar-refractivity contribution < 1.29 is 4.79 Å². The molecule has 0 aliphatic rings. The maximum Gasteiger partial charge on any atom is 0.237 e. The molecule has 1 amide bonds. The Bertz CT molecular complexity index is 521. The van der Waals surface area contributed by atoms with Crippen molar-refractivity contribution in [3.8, 4) is 0 Å². The van der Waals surface area contributed by atoms with Gasteiger partial charge in [0, 0.05) is 14.1 Å². The molecule has 0 aromatic heterocycles. The largest absolute Gasteiger partial charge is 0.348 e. The average molecular weight is 266 g/mol. The first kappa shape index (κ1) is 14.3. The monoisotopic (exact) mass is 266 g/mol. The topological polar surface area (TPSA) is 20.3 Å². The molecular weight excluding hydrogens is 246 g/mol. The quantitative estimate of drug-likeness (QED) is 0.831.